The van der Waals surface area contributed by atoms with Crippen LogP contribution in [0.2, 0.25) is 0 Å². The maximum Gasteiger partial charge on any atom is 0.307 e. The molecule has 100 valence electrons. The van der Waals surface area contributed by atoms with Gasteiger partial charge in [-0.25, -0.2) is 0 Å². The largest absolute Gasteiger partial charge is 0.481 e. The van der Waals surface area contributed by atoms with Crippen LogP contribution in [0.15, 0.2) is 28.7 Å². The summed E-state index contributed by atoms with van der Waals surface area (Å²) >= 11 is 3.39. The first-order chi connectivity index (χ1) is 9.02. The zero-order valence-electron chi connectivity index (χ0n) is 10.2. The van der Waals surface area contributed by atoms with Gasteiger partial charge in [-0.1, -0.05) is 28.1 Å². The van der Waals surface area contributed by atoms with E-state index in [9.17, 15) is 9.59 Å². The summed E-state index contributed by atoms with van der Waals surface area (Å²) in [6.07, 6.45) is 2.31. The second-order valence-electron chi connectivity index (χ2n) is 5.37. The Morgan fingerprint density at radius 3 is 2.32 bits per heavy atom. The van der Waals surface area contributed by atoms with Crippen LogP contribution in [0.1, 0.15) is 24.8 Å². The number of nitrogens with one attached hydrogen (secondary N) is 1. The van der Waals surface area contributed by atoms with Crippen molar-refractivity contribution in [3.63, 3.8) is 0 Å². The highest BCUT2D eigenvalue weighted by Crippen LogP contribution is 2.47. The van der Waals surface area contributed by atoms with E-state index in [1.807, 2.05) is 24.3 Å². The van der Waals surface area contributed by atoms with E-state index in [-0.39, 0.29) is 17.4 Å². The fraction of sp³-hybridized carbons (Fsp3) is 0.429. The summed E-state index contributed by atoms with van der Waals surface area (Å²) in [5.74, 6) is -1.81. The van der Waals surface area contributed by atoms with Crippen LogP contribution in [-0.4, -0.2) is 17.0 Å². The van der Waals surface area contributed by atoms with Gasteiger partial charge in [0.2, 0.25) is 5.91 Å². The zero-order chi connectivity index (χ0) is 13.6. The van der Waals surface area contributed by atoms with Crippen molar-refractivity contribution < 1.29 is 14.7 Å². The highest BCUT2D eigenvalue weighted by Gasteiger charge is 2.53. The van der Waals surface area contributed by atoms with Crippen LogP contribution in [-0.2, 0) is 15.1 Å². The molecule has 5 heteroatoms. The highest BCUT2D eigenvalue weighted by molar-refractivity contribution is 9.10. The number of carboxylic acid groups (broad SMARTS) is 1. The quantitative estimate of drug-likeness (QED) is 0.893. The van der Waals surface area contributed by atoms with Crippen molar-refractivity contribution in [3.8, 4) is 0 Å². The van der Waals surface area contributed by atoms with Crippen molar-refractivity contribution in [2.75, 3.05) is 0 Å². The third kappa shape index (κ3) is 2.39. The van der Waals surface area contributed by atoms with E-state index < -0.39 is 11.9 Å². The molecule has 19 heavy (non-hydrogen) atoms. The molecule has 1 aromatic rings. The standard InChI is InChI=1S/C14H14BrNO3/c15-9-3-1-8(2-4-9)14(5-6-14)16-12(17)10-7-11(10)13(18)19/h1-4,10-11H,5-7H2,(H,16,17)(H,18,19)/t10-,11+/m0/s1. The number of carboxylic acids is 1. The van der Waals surface area contributed by atoms with Crippen molar-refractivity contribution in [2.45, 2.75) is 24.8 Å². The van der Waals surface area contributed by atoms with Gasteiger partial charge >= 0.3 is 5.97 Å². The normalized spacial score (nSPS) is 26.6. The average Bonchev–Trinajstić information content (AvgIpc) is 3.24. The molecule has 1 amide bonds. The van der Waals surface area contributed by atoms with E-state index in [0.29, 0.717) is 6.42 Å². The lowest BCUT2D eigenvalue weighted by molar-refractivity contribution is -0.140. The fourth-order valence-electron chi connectivity index (χ4n) is 2.47. The number of amides is 1. The van der Waals surface area contributed by atoms with E-state index in [2.05, 4.69) is 21.2 Å². The Morgan fingerprint density at radius 1 is 1.21 bits per heavy atom. The van der Waals surface area contributed by atoms with Gasteiger partial charge in [0.05, 0.1) is 17.4 Å². The molecule has 0 aromatic heterocycles. The summed E-state index contributed by atoms with van der Waals surface area (Å²) in [7, 11) is 0. The predicted octanol–water partition coefficient (Wildman–Crippen LogP) is 2.28. The van der Waals surface area contributed by atoms with Crippen LogP contribution in [0.25, 0.3) is 0 Å². The van der Waals surface area contributed by atoms with Gasteiger partial charge in [0.15, 0.2) is 0 Å². The Bertz CT molecular complexity index is 536. The van der Waals surface area contributed by atoms with Gasteiger partial charge < -0.3 is 10.4 Å². The van der Waals surface area contributed by atoms with Gasteiger partial charge in [0.25, 0.3) is 0 Å². The number of halogens is 1. The van der Waals surface area contributed by atoms with E-state index in [1.54, 1.807) is 0 Å². The first-order valence-corrected chi connectivity index (χ1v) is 7.12. The number of hydrogen-bond donors (Lipinski definition) is 2. The molecule has 0 heterocycles. The van der Waals surface area contributed by atoms with E-state index >= 15 is 0 Å². The van der Waals surface area contributed by atoms with E-state index in [4.69, 9.17) is 5.11 Å². The number of carbonyl (C=O) groups excluding carboxylic acids is 1. The molecule has 0 aliphatic heterocycles. The summed E-state index contributed by atoms with van der Waals surface area (Å²) in [5.41, 5.74) is 0.834. The Labute approximate surface area is 119 Å². The van der Waals surface area contributed by atoms with E-state index in [1.165, 1.54) is 0 Å². The molecule has 0 radical (unpaired) electrons. The van der Waals surface area contributed by atoms with Gasteiger partial charge in [-0.05, 0) is 37.0 Å². The SMILES string of the molecule is O=C(NC1(c2ccc(Br)cc2)CC1)[C@H]1C[C@H]1C(=O)O. The fourth-order valence-corrected chi connectivity index (χ4v) is 2.73. The molecule has 2 aliphatic rings. The molecule has 0 bridgehead atoms. The molecule has 3 rings (SSSR count). The molecular formula is C14H14BrNO3. The van der Waals surface area contributed by atoms with E-state index in [0.717, 1.165) is 22.9 Å². The molecule has 2 saturated carbocycles. The Kier molecular flexibility index (Phi) is 2.89. The number of carbonyl (C=O) groups is 2. The van der Waals surface area contributed by atoms with Crippen molar-refractivity contribution in [1.29, 1.82) is 0 Å². The first-order valence-electron chi connectivity index (χ1n) is 6.33. The van der Waals surface area contributed by atoms with Crippen LogP contribution >= 0.6 is 15.9 Å². The molecular weight excluding hydrogens is 310 g/mol. The molecule has 2 atom stereocenters. The zero-order valence-corrected chi connectivity index (χ0v) is 11.8. The molecule has 2 aliphatic carbocycles. The van der Waals surface area contributed by atoms with Crippen molar-refractivity contribution in [3.05, 3.63) is 34.3 Å². The minimum Gasteiger partial charge on any atom is -0.481 e. The molecule has 0 unspecified atom stereocenters. The lowest BCUT2D eigenvalue weighted by Crippen LogP contribution is -2.36. The Hall–Kier alpha value is -1.36. The minimum atomic E-state index is -0.867. The van der Waals surface area contributed by atoms with Gasteiger partial charge in [0.1, 0.15) is 0 Å². The molecule has 1 aromatic carbocycles. The van der Waals surface area contributed by atoms with Gasteiger partial charge in [-0.3, -0.25) is 9.59 Å². The minimum absolute atomic E-state index is 0.118. The van der Waals surface area contributed by atoms with Gasteiger partial charge in [-0.2, -0.15) is 0 Å². The monoisotopic (exact) mass is 323 g/mol. The second kappa shape index (κ2) is 4.34. The van der Waals surface area contributed by atoms with Crippen LogP contribution in [0.3, 0.4) is 0 Å². The summed E-state index contributed by atoms with van der Waals surface area (Å²) in [6, 6.07) is 7.91. The number of benzene rings is 1. The summed E-state index contributed by atoms with van der Waals surface area (Å²) in [5, 5.41) is 11.9. The first kappa shape index (κ1) is 12.7. The molecule has 0 saturated heterocycles. The van der Waals surface area contributed by atoms with Crippen molar-refractivity contribution >= 4 is 27.8 Å². The number of aliphatic carboxylic acids is 1. The molecule has 2 N–H and O–H groups in total. The lowest BCUT2D eigenvalue weighted by Gasteiger charge is -2.18. The Morgan fingerprint density at radius 2 is 1.84 bits per heavy atom. The maximum absolute atomic E-state index is 12.0. The van der Waals surface area contributed by atoms with Gasteiger partial charge in [0, 0.05) is 4.47 Å². The van der Waals surface area contributed by atoms with Gasteiger partial charge in [-0.15, -0.1) is 0 Å². The Balaban J connectivity index is 1.68. The summed E-state index contributed by atoms with van der Waals surface area (Å²) in [6.45, 7) is 0. The van der Waals surface area contributed by atoms with Crippen LogP contribution in [0.5, 0.6) is 0 Å². The number of rotatable bonds is 4. The van der Waals surface area contributed by atoms with Crippen molar-refractivity contribution in [1.82, 2.24) is 5.32 Å². The smallest absolute Gasteiger partial charge is 0.307 e. The highest BCUT2D eigenvalue weighted by atomic mass is 79.9. The topological polar surface area (TPSA) is 66.4 Å². The van der Waals surface area contributed by atoms with Crippen molar-refractivity contribution in [2.24, 2.45) is 11.8 Å². The third-order valence-corrected chi connectivity index (χ3v) is 4.48. The molecule has 0 spiro atoms. The summed E-state index contributed by atoms with van der Waals surface area (Å²) in [4.78, 5) is 22.8. The predicted molar refractivity (Wildman–Crippen MR) is 72.4 cm³/mol. The second-order valence-corrected chi connectivity index (χ2v) is 6.28. The summed E-state index contributed by atoms with van der Waals surface area (Å²) < 4.78 is 1.01. The molecule has 2 fully saturated rings. The maximum atomic E-state index is 12.0. The number of hydrogen-bond acceptors (Lipinski definition) is 2. The average molecular weight is 324 g/mol. The van der Waals surface area contributed by atoms with Crippen LogP contribution in [0, 0.1) is 11.8 Å². The lowest BCUT2D eigenvalue weighted by atomic mass is 10.0. The van der Waals surface area contributed by atoms with Crippen LogP contribution < -0.4 is 5.32 Å². The third-order valence-electron chi connectivity index (χ3n) is 3.95. The van der Waals surface area contributed by atoms with Crippen LogP contribution in [0.4, 0.5) is 0 Å². The molecule has 4 nitrogen and oxygen atoms in total.